The summed E-state index contributed by atoms with van der Waals surface area (Å²) < 4.78 is 20.4. The van der Waals surface area contributed by atoms with E-state index < -0.39 is 14.2 Å². The summed E-state index contributed by atoms with van der Waals surface area (Å²) >= 11 is 5.70. The van der Waals surface area contributed by atoms with Gasteiger partial charge >= 0.3 is 0 Å². The van der Waals surface area contributed by atoms with Gasteiger partial charge in [0.1, 0.15) is 0 Å². The van der Waals surface area contributed by atoms with E-state index in [-0.39, 0.29) is 5.41 Å². The molecule has 0 spiro atoms. The Labute approximate surface area is 65.6 Å². The number of hydrogen-bond acceptors (Lipinski definition) is 2. The van der Waals surface area contributed by atoms with Crippen molar-refractivity contribution < 1.29 is 8.42 Å². The van der Waals surface area contributed by atoms with Crippen molar-refractivity contribution in [3.8, 4) is 0 Å². The van der Waals surface area contributed by atoms with Gasteiger partial charge in [0.2, 0.25) is 10.0 Å². The lowest BCUT2D eigenvalue weighted by atomic mass is 10.2. The molecule has 5 heteroatoms. The Bertz CT molecular complexity index is 259. The summed E-state index contributed by atoms with van der Waals surface area (Å²) in [5.41, 5.74) is -0.359. The molecule has 1 atom stereocenters. The molecule has 1 aliphatic rings. The molecule has 0 aromatic rings. The number of alkyl halides is 1. The first-order chi connectivity index (χ1) is 4.21. The highest BCUT2D eigenvalue weighted by Crippen LogP contribution is 2.62. The minimum Gasteiger partial charge on any atom is -0.227 e. The van der Waals surface area contributed by atoms with Crippen molar-refractivity contribution in [3.05, 3.63) is 0 Å². The van der Waals surface area contributed by atoms with Crippen LogP contribution in [0.25, 0.3) is 0 Å². The first-order valence-electron chi connectivity index (χ1n) is 2.92. The molecule has 0 bridgehead atoms. The fourth-order valence-electron chi connectivity index (χ4n) is 1.01. The summed E-state index contributed by atoms with van der Waals surface area (Å²) in [6.45, 7) is 3.56. The van der Waals surface area contributed by atoms with Crippen molar-refractivity contribution in [2.45, 2.75) is 24.5 Å². The normalized spacial score (nSPS) is 37.6. The monoisotopic (exact) mass is 183 g/mol. The lowest BCUT2D eigenvalue weighted by Crippen LogP contribution is -2.29. The maximum absolute atomic E-state index is 10.8. The van der Waals surface area contributed by atoms with Crippen LogP contribution in [0.15, 0.2) is 0 Å². The number of nitrogens with two attached hydrogens (primary N) is 1. The topological polar surface area (TPSA) is 60.2 Å². The van der Waals surface area contributed by atoms with Gasteiger partial charge in [0, 0.05) is 5.41 Å². The minimum absolute atomic E-state index is 0.359. The fourth-order valence-corrected chi connectivity index (χ4v) is 2.68. The van der Waals surface area contributed by atoms with E-state index in [0.29, 0.717) is 6.42 Å². The summed E-state index contributed by atoms with van der Waals surface area (Å²) in [7, 11) is -3.57. The number of primary sulfonamides is 1. The molecule has 2 N–H and O–H groups in total. The van der Waals surface area contributed by atoms with E-state index in [9.17, 15) is 8.42 Å². The number of hydrogen-bond donors (Lipinski definition) is 1. The lowest BCUT2D eigenvalue weighted by molar-refractivity contribution is 0.571. The quantitative estimate of drug-likeness (QED) is 0.607. The second kappa shape index (κ2) is 1.68. The van der Waals surface area contributed by atoms with Gasteiger partial charge in [-0.3, -0.25) is 0 Å². The van der Waals surface area contributed by atoms with Crippen LogP contribution in [0.1, 0.15) is 20.3 Å². The first kappa shape index (κ1) is 8.30. The molecule has 60 valence electrons. The molecule has 1 aliphatic carbocycles. The Morgan fingerprint density at radius 2 is 1.80 bits per heavy atom. The zero-order valence-electron chi connectivity index (χ0n) is 5.89. The average Bonchev–Trinajstić information content (AvgIpc) is 2.05. The van der Waals surface area contributed by atoms with E-state index in [1.165, 1.54) is 0 Å². The summed E-state index contributed by atoms with van der Waals surface area (Å²) in [6, 6.07) is 0. The van der Waals surface area contributed by atoms with E-state index in [2.05, 4.69) is 0 Å². The smallest absolute Gasteiger partial charge is 0.227 e. The standard InChI is InChI=1S/C5H10ClNO2S/c1-4(2)3-5(4,6)10(7,8)9/h3H2,1-2H3,(H2,7,8,9). The van der Waals surface area contributed by atoms with Crippen LogP contribution < -0.4 is 5.14 Å². The van der Waals surface area contributed by atoms with Gasteiger partial charge in [0.15, 0.2) is 4.21 Å². The highest BCUT2D eigenvalue weighted by atomic mass is 35.5. The van der Waals surface area contributed by atoms with Crippen LogP contribution in [0.3, 0.4) is 0 Å². The molecule has 3 nitrogen and oxygen atoms in total. The van der Waals surface area contributed by atoms with Crippen LogP contribution in [0.2, 0.25) is 0 Å². The fraction of sp³-hybridized carbons (Fsp3) is 1.00. The van der Waals surface area contributed by atoms with Crippen molar-refractivity contribution in [3.63, 3.8) is 0 Å². The van der Waals surface area contributed by atoms with Crippen molar-refractivity contribution in [1.82, 2.24) is 0 Å². The lowest BCUT2D eigenvalue weighted by Gasteiger charge is -2.08. The second-order valence-electron chi connectivity index (χ2n) is 3.33. The summed E-state index contributed by atoms with van der Waals surface area (Å²) in [5, 5.41) is 4.89. The van der Waals surface area contributed by atoms with Crippen LogP contribution in [0.5, 0.6) is 0 Å². The number of rotatable bonds is 1. The third-order valence-electron chi connectivity index (χ3n) is 2.01. The molecule has 1 saturated carbocycles. The molecule has 1 unspecified atom stereocenters. The SMILES string of the molecule is CC1(C)CC1(Cl)S(N)(=O)=O. The Kier molecular flexibility index (Phi) is 1.39. The first-order valence-corrected chi connectivity index (χ1v) is 4.84. The molecule has 0 aliphatic heterocycles. The van der Waals surface area contributed by atoms with E-state index in [1.807, 2.05) is 0 Å². The van der Waals surface area contributed by atoms with Crippen molar-refractivity contribution in [2.75, 3.05) is 0 Å². The maximum atomic E-state index is 10.8. The van der Waals surface area contributed by atoms with Crippen molar-refractivity contribution in [1.29, 1.82) is 0 Å². The molecule has 0 aromatic carbocycles. The maximum Gasteiger partial charge on any atom is 0.229 e. The van der Waals surface area contributed by atoms with E-state index >= 15 is 0 Å². The predicted molar refractivity (Wildman–Crippen MR) is 40.1 cm³/mol. The van der Waals surface area contributed by atoms with Crippen molar-refractivity contribution in [2.24, 2.45) is 10.6 Å². The molecule has 1 rings (SSSR count). The highest BCUT2D eigenvalue weighted by molar-refractivity contribution is 7.92. The summed E-state index contributed by atoms with van der Waals surface area (Å²) in [5.74, 6) is 0. The van der Waals surface area contributed by atoms with E-state index in [4.69, 9.17) is 16.7 Å². The molecule has 0 radical (unpaired) electrons. The molecular weight excluding hydrogens is 174 g/mol. The average molecular weight is 184 g/mol. The Morgan fingerprint density at radius 1 is 1.50 bits per heavy atom. The van der Waals surface area contributed by atoms with Gasteiger partial charge in [-0.15, -0.1) is 0 Å². The van der Waals surface area contributed by atoms with Gasteiger partial charge in [-0.25, -0.2) is 13.6 Å². The second-order valence-corrected chi connectivity index (χ2v) is 5.99. The van der Waals surface area contributed by atoms with Gasteiger partial charge in [-0.2, -0.15) is 0 Å². The summed E-state index contributed by atoms with van der Waals surface area (Å²) in [4.78, 5) is 0. The van der Waals surface area contributed by atoms with E-state index in [0.717, 1.165) is 0 Å². The Hall–Kier alpha value is 0.200. The van der Waals surface area contributed by atoms with Crippen LogP contribution >= 0.6 is 11.6 Å². The third kappa shape index (κ3) is 0.863. The van der Waals surface area contributed by atoms with Crippen LogP contribution in [0, 0.1) is 5.41 Å². The molecule has 1 fully saturated rings. The van der Waals surface area contributed by atoms with Gasteiger partial charge in [-0.05, 0) is 6.42 Å². The minimum atomic E-state index is -3.57. The van der Waals surface area contributed by atoms with Gasteiger partial charge in [-0.1, -0.05) is 25.4 Å². The van der Waals surface area contributed by atoms with Gasteiger partial charge < -0.3 is 0 Å². The van der Waals surface area contributed by atoms with Crippen LogP contribution in [-0.4, -0.2) is 12.6 Å². The largest absolute Gasteiger partial charge is 0.229 e. The van der Waals surface area contributed by atoms with Gasteiger partial charge in [0.05, 0.1) is 0 Å². The van der Waals surface area contributed by atoms with E-state index in [1.54, 1.807) is 13.8 Å². The predicted octanol–water partition coefficient (Wildman–Crippen LogP) is 0.640. The van der Waals surface area contributed by atoms with Gasteiger partial charge in [0.25, 0.3) is 0 Å². The molecule has 0 saturated heterocycles. The van der Waals surface area contributed by atoms with Crippen LogP contribution in [-0.2, 0) is 10.0 Å². The zero-order valence-corrected chi connectivity index (χ0v) is 7.46. The van der Waals surface area contributed by atoms with Crippen LogP contribution in [0.4, 0.5) is 0 Å². The number of sulfonamides is 1. The van der Waals surface area contributed by atoms with Crippen molar-refractivity contribution >= 4 is 21.6 Å². The molecule has 0 aromatic heterocycles. The molecule has 10 heavy (non-hydrogen) atoms. The number of halogens is 1. The zero-order chi connectivity index (χ0) is 8.21. The molecular formula is C5H10ClNO2S. The third-order valence-corrected chi connectivity index (χ3v) is 4.90. The molecule has 0 heterocycles. The summed E-state index contributed by atoms with van der Waals surface area (Å²) in [6.07, 6.45) is 0.445. The Morgan fingerprint density at radius 3 is 1.80 bits per heavy atom. The molecule has 0 amide bonds. The Balaban J connectivity index is 3.00. The highest BCUT2D eigenvalue weighted by Gasteiger charge is 2.68.